The second-order valence-electron chi connectivity index (χ2n) is 4.57. The average molecular weight is 358 g/mol. The molecule has 0 radical (unpaired) electrons. The Morgan fingerprint density at radius 2 is 2.00 bits per heavy atom. The van der Waals surface area contributed by atoms with Gasteiger partial charge in [-0.1, -0.05) is 13.8 Å². The van der Waals surface area contributed by atoms with Gasteiger partial charge in [-0.3, -0.25) is 0 Å². The normalized spacial score (nSPS) is 12.0. The van der Waals surface area contributed by atoms with E-state index in [1.54, 1.807) is 35.2 Å². The third-order valence-corrected chi connectivity index (χ3v) is 6.92. The minimum Gasteiger partial charge on any atom is -0.249 e. The molecular formula is C14H19N3O2S3. The number of aryl methyl sites for hydroxylation is 1. The topological polar surface area (TPSA) is 63.2 Å². The number of sulfonamides is 1. The van der Waals surface area contributed by atoms with Crippen molar-refractivity contribution in [3.05, 3.63) is 34.4 Å². The minimum atomic E-state index is -3.43. The second-order valence-corrected chi connectivity index (χ2v) is 8.56. The molecule has 0 saturated carbocycles. The number of hydrogen-bond donors (Lipinski definition) is 0. The van der Waals surface area contributed by atoms with Crippen LogP contribution in [0.2, 0.25) is 0 Å². The number of thiazole rings is 1. The lowest BCUT2D eigenvalue weighted by molar-refractivity contribution is 0.445. The van der Waals surface area contributed by atoms with Crippen molar-refractivity contribution in [3.63, 3.8) is 0 Å². The highest BCUT2D eigenvalue weighted by Crippen LogP contribution is 2.23. The van der Waals surface area contributed by atoms with E-state index in [2.05, 4.69) is 9.97 Å². The molecule has 0 aliphatic carbocycles. The van der Waals surface area contributed by atoms with E-state index in [1.165, 1.54) is 10.5 Å². The van der Waals surface area contributed by atoms with Crippen molar-refractivity contribution >= 4 is 33.1 Å². The molecule has 2 rings (SSSR count). The monoisotopic (exact) mass is 357 g/mol. The van der Waals surface area contributed by atoms with Crippen molar-refractivity contribution in [2.45, 2.75) is 36.4 Å². The maximum absolute atomic E-state index is 12.4. The fraction of sp³-hybridized carbons (Fsp3) is 0.429. The Hall–Kier alpha value is -0.960. The third-order valence-electron chi connectivity index (χ3n) is 3.09. The molecule has 0 fully saturated rings. The molecule has 0 saturated heterocycles. The SMILES string of the molecule is CCN(CC)S(=O)(=O)c1ccc(SCc2csc(C)n2)nc1. The standard InChI is InChI=1S/C14H19N3O2S3/c1-4-17(5-2)22(18,19)13-6-7-14(15-8-13)21-10-12-9-20-11(3)16-12/h6-9H,4-5,10H2,1-3H3. The quantitative estimate of drug-likeness (QED) is 0.712. The Kier molecular flexibility index (Phi) is 5.96. The van der Waals surface area contributed by atoms with Gasteiger partial charge in [0, 0.05) is 30.4 Å². The maximum atomic E-state index is 12.4. The first-order valence-corrected chi connectivity index (χ1v) is 10.3. The van der Waals surface area contributed by atoms with Gasteiger partial charge in [-0.05, 0) is 19.1 Å². The molecule has 2 heterocycles. The lowest BCUT2D eigenvalue weighted by Gasteiger charge is -2.18. The van der Waals surface area contributed by atoms with Crippen LogP contribution in [-0.2, 0) is 15.8 Å². The van der Waals surface area contributed by atoms with Gasteiger partial charge in [0.15, 0.2) is 0 Å². The smallest absolute Gasteiger partial charge is 0.244 e. The molecule has 8 heteroatoms. The summed E-state index contributed by atoms with van der Waals surface area (Å²) in [7, 11) is -3.43. The Balaban J connectivity index is 2.07. The minimum absolute atomic E-state index is 0.241. The van der Waals surface area contributed by atoms with Gasteiger partial charge in [0.25, 0.3) is 0 Å². The molecule has 22 heavy (non-hydrogen) atoms. The summed E-state index contributed by atoms with van der Waals surface area (Å²) in [6.45, 7) is 6.55. The summed E-state index contributed by atoms with van der Waals surface area (Å²) < 4.78 is 26.1. The van der Waals surface area contributed by atoms with Crippen LogP contribution in [0.25, 0.3) is 0 Å². The third kappa shape index (κ3) is 4.07. The van der Waals surface area contributed by atoms with Gasteiger partial charge in [-0.15, -0.1) is 23.1 Å². The molecule has 0 aliphatic rings. The van der Waals surface area contributed by atoms with Gasteiger partial charge in [0.1, 0.15) is 4.90 Å². The van der Waals surface area contributed by atoms with Crippen molar-refractivity contribution < 1.29 is 8.42 Å². The summed E-state index contributed by atoms with van der Waals surface area (Å²) in [5, 5.41) is 3.87. The zero-order chi connectivity index (χ0) is 16.2. The van der Waals surface area contributed by atoms with E-state index in [1.807, 2.05) is 26.2 Å². The zero-order valence-corrected chi connectivity index (χ0v) is 15.3. The van der Waals surface area contributed by atoms with Crippen molar-refractivity contribution in [1.82, 2.24) is 14.3 Å². The summed E-state index contributed by atoms with van der Waals surface area (Å²) >= 11 is 3.17. The van der Waals surface area contributed by atoms with Crippen molar-refractivity contribution in [3.8, 4) is 0 Å². The highest BCUT2D eigenvalue weighted by Gasteiger charge is 2.21. The molecule has 0 aromatic carbocycles. The second kappa shape index (κ2) is 7.54. The number of aromatic nitrogens is 2. The van der Waals surface area contributed by atoms with Crippen molar-refractivity contribution in [1.29, 1.82) is 0 Å². The van der Waals surface area contributed by atoms with E-state index in [0.717, 1.165) is 21.5 Å². The van der Waals surface area contributed by atoms with Crippen molar-refractivity contribution in [2.75, 3.05) is 13.1 Å². The van der Waals surface area contributed by atoms with Crippen LogP contribution in [-0.4, -0.2) is 35.8 Å². The first-order valence-electron chi connectivity index (χ1n) is 6.97. The summed E-state index contributed by atoms with van der Waals surface area (Å²) in [6.07, 6.45) is 1.43. The van der Waals surface area contributed by atoms with Gasteiger partial charge in [-0.2, -0.15) is 4.31 Å². The summed E-state index contributed by atoms with van der Waals surface area (Å²) in [5.74, 6) is 0.736. The van der Waals surface area contributed by atoms with E-state index < -0.39 is 10.0 Å². The highest BCUT2D eigenvalue weighted by atomic mass is 32.2. The number of thioether (sulfide) groups is 1. The van der Waals surface area contributed by atoms with Gasteiger partial charge >= 0.3 is 0 Å². The first kappa shape index (κ1) is 17.4. The van der Waals surface area contributed by atoms with Gasteiger partial charge in [0.05, 0.1) is 15.7 Å². The van der Waals surface area contributed by atoms with Crippen LogP contribution in [0.15, 0.2) is 33.6 Å². The van der Waals surface area contributed by atoms with Crippen LogP contribution in [0.5, 0.6) is 0 Å². The predicted octanol–water partition coefficient (Wildman–Crippen LogP) is 3.17. The summed E-state index contributed by atoms with van der Waals surface area (Å²) in [5.41, 5.74) is 1.02. The maximum Gasteiger partial charge on any atom is 0.244 e. The number of hydrogen-bond acceptors (Lipinski definition) is 6. The van der Waals surface area contributed by atoms with Crippen LogP contribution >= 0.6 is 23.1 Å². The zero-order valence-electron chi connectivity index (χ0n) is 12.8. The van der Waals surface area contributed by atoms with E-state index in [-0.39, 0.29) is 4.90 Å². The Morgan fingerprint density at radius 1 is 1.27 bits per heavy atom. The fourth-order valence-corrected chi connectivity index (χ4v) is 4.80. The molecule has 2 aromatic heterocycles. The van der Waals surface area contributed by atoms with Crippen LogP contribution < -0.4 is 0 Å². The highest BCUT2D eigenvalue weighted by molar-refractivity contribution is 7.98. The molecule has 0 spiro atoms. The molecule has 0 bridgehead atoms. The summed E-state index contributed by atoms with van der Waals surface area (Å²) in [6, 6.07) is 3.37. The molecule has 5 nitrogen and oxygen atoms in total. The lowest BCUT2D eigenvalue weighted by Crippen LogP contribution is -2.30. The number of rotatable bonds is 7. The van der Waals surface area contributed by atoms with E-state index in [0.29, 0.717) is 13.1 Å². The fourth-order valence-electron chi connectivity index (χ4n) is 1.94. The van der Waals surface area contributed by atoms with Gasteiger partial charge < -0.3 is 0 Å². The molecule has 120 valence electrons. The molecular weight excluding hydrogens is 338 g/mol. The van der Waals surface area contributed by atoms with Crippen LogP contribution in [0, 0.1) is 6.92 Å². The predicted molar refractivity (Wildman–Crippen MR) is 90.8 cm³/mol. The Bertz CT molecular complexity index is 707. The van der Waals surface area contributed by atoms with E-state index in [9.17, 15) is 8.42 Å². The van der Waals surface area contributed by atoms with E-state index >= 15 is 0 Å². The van der Waals surface area contributed by atoms with Crippen LogP contribution in [0.1, 0.15) is 24.5 Å². The first-order chi connectivity index (χ1) is 10.5. The Morgan fingerprint density at radius 3 is 2.50 bits per heavy atom. The average Bonchev–Trinajstić information content (AvgIpc) is 2.92. The largest absolute Gasteiger partial charge is 0.249 e. The number of pyridine rings is 1. The number of nitrogens with zero attached hydrogens (tertiary/aromatic N) is 3. The van der Waals surface area contributed by atoms with Gasteiger partial charge in [-0.25, -0.2) is 18.4 Å². The molecule has 0 unspecified atom stereocenters. The van der Waals surface area contributed by atoms with Crippen LogP contribution in [0.3, 0.4) is 0 Å². The molecule has 0 atom stereocenters. The van der Waals surface area contributed by atoms with Gasteiger partial charge in [0.2, 0.25) is 10.0 Å². The summed E-state index contributed by atoms with van der Waals surface area (Å²) in [4.78, 5) is 8.89. The van der Waals surface area contributed by atoms with Crippen molar-refractivity contribution in [2.24, 2.45) is 0 Å². The van der Waals surface area contributed by atoms with Crippen LogP contribution in [0.4, 0.5) is 0 Å². The molecule has 0 amide bonds. The molecule has 0 aliphatic heterocycles. The Labute approximate surface area is 139 Å². The van der Waals surface area contributed by atoms with E-state index in [4.69, 9.17) is 0 Å². The molecule has 2 aromatic rings. The molecule has 0 N–H and O–H groups in total. The lowest BCUT2D eigenvalue weighted by atomic mass is 10.5.